The Balaban J connectivity index is 3.27. The summed E-state index contributed by atoms with van der Waals surface area (Å²) in [6.07, 6.45) is 0. The minimum absolute atomic E-state index is 0.164. The van der Waals surface area contributed by atoms with Crippen molar-refractivity contribution in [1.29, 1.82) is 0 Å². The van der Waals surface area contributed by atoms with E-state index in [2.05, 4.69) is 10.3 Å². The molecule has 82 valence electrons. The normalized spacial score (nSPS) is 11.7. The van der Waals surface area contributed by atoms with Gasteiger partial charge in [0.05, 0.1) is 25.8 Å². The molecule has 0 unspecified atom stereocenters. The number of aliphatic imine (C=N–C) groups is 1. The summed E-state index contributed by atoms with van der Waals surface area (Å²) < 4.78 is 0. The predicted molar refractivity (Wildman–Crippen MR) is 67.7 cm³/mol. The number of nitrogens with two attached hydrogens (primary N) is 1. The van der Waals surface area contributed by atoms with E-state index < -0.39 is 0 Å². The highest BCUT2D eigenvalue weighted by Crippen LogP contribution is 2.40. The van der Waals surface area contributed by atoms with E-state index in [1.54, 1.807) is 0 Å². The van der Waals surface area contributed by atoms with Crippen LogP contribution in [0.25, 0.3) is 0 Å². The smallest absolute Gasteiger partial charge is 0.192 e. The van der Waals surface area contributed by atoms with Crippen molar-refractivity contribution in [3.8, 4) is 0 Å². The fraction of sp³-hybridized carbons (Fsp3) is 0.125. The molecule has 0 spiro atoms. The molecule has 1 aromatic rings. The second-order valence-electron chi connectivity index (χ2n) is 2.58. The number of nitrogens with zero attached hydrogens (tertiary/aromatic N) is 1. The summed E-state index contributed by atoms with van der Waals surface area (Å²) in [6, 6.07) is 1.46. The van der Waals surface area contributed by atoms with Crippen LogP contribution in [-0.2, 0) is 0 Å². The van der Waals surface area contributed by atoms with Crippen LogP contribution in [0.15, 0.2) is 11.1 Å². The molecule has 0 saturated carbocycles. The molecular weight excluding hydrogens is 280 g/mol. The van der Waals surface area contributed by atoms with Crippen molar-refractivity contribution in [2.45, 2.75) is 0 Å². The maximum Gasteiger partial charge on any atom is 0.192 e. The number of rotatable bonds is 1. The standard InChI is InChI=1S/C8H7Cl4N3/c1-14-8(13)15-7-5(11)3(9)2-4(10)6(7)12/h2H,1H3,(H3,13,14,15). The predicted octanol–water partition coefficient (Wildman–Crippen LogP) is 3.66. The molecule has 0 aromatic heterocycles. The third-order valence-corrected chi connectivity index (χ3v) is 3.18. The first-order valence-corrected chi connectivity index (χ1v) is 5.30. The molecule has 1 aromatic carbocycles. The lowest BCUT2D eigenvalue weighted by Gasteiger charge is -2.11. The summed E-state index contributed by atoms with van der Waals surface area (Å²) in [5.74, 6) is 0.164. The summed E-state index contributed by atoms with van der Waals surface area (Å²) in [5.41, 5.74) is 5.82. The summed E-state index contributed by atoms with van der Waals surface area (Å²) in [7, 11) is 1.52. The quantitative estimate of drug-likeness (QED) is 0.470. The van der Waals surface area contributed by atoms with Crippen molar-refractivity contribution in [2.24, 2.45) is 10.7 Å². The number of anilines is 1. The van der Waals surface area contributed by atoms with Gasteiger partial charge in [-0.25, -0.2) is 0 Å². The zero-order valence-electron chi connectivity index (χ0n) is 7.61. The highest BCUT2D eigenvalue weighted by molar-refractivity contribution is 6.50. The van der Waals surface area contributed by atoms with E-state index >= 15 is 0 Å². The fourth-order valence-electron chi connectivity index (χ4n) is 0.867. The first kappa shape index (κ1) is 12.7. The molecule has 1 rings (SSSR count). The van der Waals surface area contributed by atoms with Crippen molar-refractivity contribution >= 4 is 58.1 Å². The van der Waals surface area contributed by atoms with Gasteiger partial charge in [-0.1, -0.05) is 46.4 Å². The molecular formula is C8H7Cl4N3. The van der Waals surface area contributed by atoms with E-state index in [4.69, 9.17) is 52.1 Å². The van der Waals surface area contributed by atoms with Gasteiger partial charge in [-0.15, -0.1) is 0 Å². The topological polar surface area (TPSA) is 50.4 Å². The zero-order valence-corrected chi connectivity index (χ0v) is 10.6. The minimum Gasteiger partial charge on any atom is -0.370 e. The van der Waals surface area contributed by atoms with Gasteiger partial charge in [-0.2, -0.15) is 0 Å². The third kappa shape index (κ3) is 2.82. The summed E-state index contributed by atoms with van der Waals surface area (Å²) in [4.78, 5) is 3.71. The average Bonchev–Trinajstić information content (AvgIpc) is 2.21. The van der Waals surface area contributed by atoms with E-state index in [1.807, 2.05) is 0 Å². The molecule has 7 heteroatoms. The van der Waals surface area contributed by atoms with E-state index in [-0.39, 0.29) is 26.1 Å². The van der Waals surface area contributed by atoms with E-state index in [9.17, 15) is 0 Å². The van der Waals surface area contributed by atoms with Crippen molar-refractivity contribution < 1.29 is 0 Å². The summed E-state index contributed by atoms with van der Waals surface area (Å²) in [5, 5.41) is 3.78. The lowest BCUT2D eigenvalue weighted by molar-refractivity contribution is 1.38. The lowest BCUT2D eigenvalue weighted by Crippen LogP contribution is -2.22. The first-order valence-electron chi connectivity index (χ1n) is 3.79. The van der Waals surface area contributed by atoms with Crippen molar-refractivity contribution in [2.75, 3.05) is 12.4 Å². The maximum atomic E-state index is 5.92. The molecule has 0 aliphatic carbocycles. The van der Waals surface area contributed by atoms with E-state index in [0.717, 1.165) is 0 Å². The van der Waals surface area contributed by atoms with Gasteiger partial charge in [-0.05, 0) is 6.07 Å². The number of guanidine groups is 1. The van der Waals surface area contributed by atoms with Crippen LogP contribution >= 0.6 is 46.4 Å². The highest BCUT2D eigenvalue weighted by atomic mass is 35.5. The van der Waals surface area contributed by atoms with Gasteiger partial charge in [0.2, 0.25) is 0 Å². The molecule has 0 heterocycles. The molecule has 0 amide bonds. The molecule has 0 atom stereocenters. The number of hydrogen-bond acceptors (Lipinski definition) is 1. The molecule has 3 nitrogen and oxygen atoms in total. The Morgan fingerprint density at radius 1 is 1.20 bits per heavy atom. The SMILES string of the molecule is CN=C(N)Nc1c(Cl)c(Cl)cc(Cl)c1Cl. The lowest BCUT2D eigenvalue weighted by atomic mass is 10.3. The van der Waals surface area contributed by atoms with Crippen molar-refractivity contribution in [3.05, 3.63) is 26.2 Å². The van der Waals surface area contributed by atoms with Crippen molar-refractivity contribution in [1.82, 2.24) is 0 Å². The van der Waals surface area contributed by atoms with Gasteiger partial charge < -0.3 is 11.1 Å². The number of benzene rings is 1. The largest absolute Gasteiger partial charge is 0.370 e. The average molecular weight is 287 g/mol. The van der Waals surface area contributed by atoms with E-state index in [1.165, 1.54) is 13.1 Å². The van der Waals surface area contributed by atoms with Gasteiger partial charge in [0, 0.05) is 7.05 Å². The zero-order chi connectivity index (χ0) is 11.6. The van der Waals surface area contributed by atoms with Gasteiger partial charge >= 0.3 is 0 Å². The molecule has 0 radical (unpaired) electrons. The van der Waals surface area contributed by atoms with Crippen LogP contribution in [0.5, 0.6) is 0 Å². The summed E-state index contributed by atoms with van der Waals surface area (Å²) in [6.45, 7) is 0. The van der Waals surface area contributed by atoms with Crippen LogP contribution < -0.4 is 11.1 Å². The Hall–Kier alpha value is -0.350. The Kier molecular flexibility index (Phi) is 4.34. The van der Waals surface area contributed by atoms with Crippen LogP contribution in [0.2, 0.25) is 20.1 Å². The van der Waals surface area contributed by atoms with Crippen LogP contribution in [0, 0.1) is 0 Å². The molecule has 15 heavy (non-hydrogen) atoms. The molecule has 0 fully saturated rings. The van der Waals surface area contributed by atoms with Crippen LogP contribution in [0.3, 0.4) is 0 Å². The number of halogens is 4. The highest BCUT2D eigenvalue weighted by Gasteiger charge is 2.14. The minimum atomic E-state index is 0.164. The van der Waals surface area contributed by atoms with E-state index in [0.29, 0.717) is 5.69 Å². The van der Waals surface area contributed by atoms with Gasteiger partial charge in [0.25, 0.3) is 0 Å². The second-order valence-corrected chi connectivity index (χ2v) is 4.15. The van der Waals surface area contributed by atoms with Crippen molar-refractivity contribution in [3.63, 3.8) is 0 Å². The molecule has 3 N–H and O–H groups in total. The molecule has 0 bridgehead atoms. The Bertz CT molecular complexity index is 391. The van der Waals surface area contributed by atoms with Gasteiger partial charge in [0.15, 0.2) is 5.96 Å². The van der Waals surface area contributed by atoms with Gasteiger partial charge in [-0.3, -0.25) is 4.99 Å². The Labute approximate surface area is 107 Å². The maximum absolute atomic E-state index is 5.92. The third-order valence-electron chi connectivity index (χ3n) is 1.61. The fourth-order valence-corrected chi connectivity index (χ4v) is 1.77. The van der Waals surface area contributed by atoms with Gasteiger partial charge in [0.1, 0.15) is 0 Å². The molecule has 0 aliphatic heterocycles. The van der Waals surface area contributed by atoms with Crippen LogP contribution in [-0.4, -0.2) is 13.0 Å². The Morgan fingerprint density at radius 2 is 1.67 bits per heavy atom. The monoisotopic (exact) mass is 285 g/mol. The second kappa shape index (κ2) is 5.12. The molecule has 0 aliphatic rings. The first-order chi connectivity index (χ1) is 6.97. The number of hydrogen-bond donors (Lipinski definition) is 2. The number of nitrogens with one attached hydrogen (secondary N) is 1. The molecule has 0 saturated heterocycles. The van der Waals surface area contributed by atoms with Crippen LogP contribution in [0.4, 0.5) is 5.69 Å². The van der Waals surface area contributed by atoms with Crippen LogP contribution in [0.1, 0.15) is 0 Å². The summed E-state index contributed by atoms with van der Waals surface area (Å²) >= 11 is 23.5. The Morgan fingerprint density at radius 3 is 2.07 bits per heavy atom.